The zero-order valence-corrected chi connectivity index (χ0v) is 14.4. The van der Waals surface area contributed by atoms with Crippen LogP contribution in [0.15, 0.2) is 54.6 Å². The largest absolute Gasteiger partial charge is 0.457 e. The normalized spacial score (nSPS) is 31.3. The molecule has 4 heteroatoms. The first-order valence-corrected chi connectivity index (χ1v) is 9.22. The Labute approximate surface area is 153 Å². The van der Waals surface area contributed by atoms with Crippen LogP contribution in [0.5, 0.6) is 11.5 Å². The maximum atomic E-state index is 9.63. The molecule has 2 aliphatic carbocycles. The van der Waals surface area contributed by atoms with Crippen molar-refractivity contribution >= 4 is 0 Å². The average molecular weight is 346 g/mol. The van der Waals surface area contributed by atoms with Gasteiger partial charge >= 0.3 is 0 Å². The molecule has 1 radical (unpaired) electrons. The van der Waals surface area contributed by atoms with Gasteiger partial charge in [0.15, 0.2) is 6.29 Å². The van der Waals surface area contributed by atoms with Crippen LogP contribution < -0.4 is 4.74 Å². The molecule has 5 atom stereocenters. The molecule has 5 rings (SSSR count). The molecule has 131 valence electrons. The third kappa shape index (κ3) is 2.78. The molecule has 0 spiro atoms. The quantitative estimate of drug-likeness (QED) is 0.789. The first-order valence-electron chi connectivity index (χ1n) is 9.22. The molecule has 2 aromatic carbocycles. The third-order valence-electron chi connectivity index (χ3n) is 5.87. The summed E-state index contributed by atoms with van der Waals surface area (Å²) < 4.78 is 18.0. The van der Waals surface area contributed by atoms with Crippen LogP contribution in [-0.4, -0.2) is 12.4 Å². The van der Waals surface area contributed by atoms with Crippen LogP contribution in [0.3, 0.4) is 0 Å². The predicted octanol–water partition coefficient (Wildman–Crippen LogP) is 4.67. The Morgan fingerprint density at radius 1 is 0.962 bits per heavy atom. The van der Waals surface area contributed by atoms with E-state index in [1.807, 2.05) is 54.6 Å². The summed E-state index contributed by atoms with van der Waals surface area (Å²) in [5.41, 5.74) is 0.721. The van der Waals surface area contributed by atoms with E-state index >= 15 is 0 Å². The molecule has 0 amide bonds. The lowest BCUT2D eigenvalue weighted by Crippen LogP contribution is -2.23. The number of nitrogens with zero attached hydrogens (tertiary/aromatic N) is 1. The summed E-state index contributed by atoms with van der Waals surface area (Å²) in [5, 5.41) is 9.63. The molecule has 3 aliphatic rings. The predicted molar refractivity (Wildman–Crippen MR) is 95.0 cm³/mol. The number of benzene rings is 2. The smallest absolute Gasteiger partial charge is 0.229 e. The van der Waals surface area contributed by atoms with Gasteiger partial charge in [0.1, 0.15) is 17.6 Å². The Morgan fingerprint density at radius 2 is 1.77 bits per heavy atom. The Kier molecular flexibility index (Phi) is 3.92. The lowest BCUT2D eigenvalue weighted by Gasteiger charge is -2.20. The van der Waals surface area contributed by atoms with E-state index in [0.29, 0.717) is 29.8 Å². The summed E-state index contributed by atoms with van der Waals surface area (Å²) in [4.78, 5) is 0. The Balaban J connectivity index is 1.32. The van der Waals surface area contributed by atoms with E-state index in [1.165, 1.54) is 12.8 Å². The minimum atomic E-state index is -0.286. The number of rotatable bonds is 5. The van der Waals surface area contributed by atoms with Crippen molar-refractivity contribution in [3.05, 3.63) is 66.3 Å². The van der Waals surface area contributed by atoms with E-state index in [4.69, 9.17) is 14.2 Å². The number of hydrogen-bond donors (Lipinski definition) is 0. The van der Waals surface area contributed by atoms with Crippen LogP contribution in [0.25, 0.3) is 0 Å². The van der Waals surface area contributed by atoms with Crippen molar-refractivity contribution in [2.45, 2.75) is 31.7 Å². The van der Waals surface area contributed by atoms with E-state index < -0.39 is 0 Å². The van der Waals surface area contributed by atoms with Crippen molar-refractivity contribution in [2.75, 3.05) is 0 Å². The van der Waals surface area contributed by atoms with Crippen LogP contribution >= 0.6 is 0 Å². The summed E-state index contributed by atoms with van der Waals surface area (Å²) in [6, 6.07) is 19.3. The van der Waals surface area contributed by atoms with Gasteiger partial charge in [-0.1, -0.05) is 30.3 Å². The van der Waals surface area contributed by atoms with Crippen LogP contribution in [0.2, 0.25) is 0 Å². The van der Waals surface area contributed by atoms with E-state index in [1.54, 1.807) is 0 Å². The van der Waals surface area contributed by atoms with Crippen molar-refractivity contribution in [2.24, 2.45) is 17.8 Å². The van der Waals surface area contributed by atoms with E-state index in [2.05, 4.69) is 6.07 Å². The minimum absolute atomic E-state index is 0.286. The topological polar surface area (TPSA) is 51.5 Å². The average Bonchev–Trinajstić information content (AvgIpc) is 3.30. The molecular weight excluding hydrogens is 326 g/mol. The minimum Gasteiger partial charge on any atom is -0.457 e. The molecule has 0 aromatic heterocycles. The highest BCUT2D eigenvalue weighted by Gasteiger charge is 2.56. The standard InChI is InChI=1S/C22H20NO3/c23-13-21(26-22-19-10-14-9-18(19)20(11-14)25-22)15-5-4-8-17(12-15)24-16-6-2-1-3-7-16/h1-8,12,14,18-20,22H,9-11H2/t14?,18?,19?,20?,22-/m1/s1. The Bertz CT molecular complexity index is 829. The highest BCUT2D eigenvalue weighted by atomic mass is 16.7. The van der Waals surface area contributed by atoms with Crippen molar-refractivity contribution in [3.63, 3.8) is 0 Å². The Morgan fingerprint density at radius 3 is 2.54 bits per heavy atom. The third-order valence-corrected chi connectivity index (χ3v) is 5.87. The van der Waals surface area contributed by atoms with Gasteiger partial charge in [-0.05, 0) is 55.4 Å². The van der Waals surface area contributed by atoms with Gasteiger partial charge in [0, 0.05) is 11.5 Å². The SMILES string of the molecule is N#C[C](O[C@H]1OC2CC3CC2C1C3)c1cccc(Oc2ccccc2)c1. The summed E-state index contributed by atoms with van der Waals surface area (Å²) in [7, 11) is 0. The zero-order valence-electron chi connectivity index (χ0n) is 14.4. The first-order chi connectivity index (χ1) is 12.8. The zero-order chi connectivity index (χ0) is 17.5. The first kappa shape index (κ1) is 15.9. The lowest BCUT2D eigenvalue weighted by molar-refractivity contribution is -0.128. The van der Waals surface area contributed by atoms with Gasteiger partial charge in [-0.2, -0.15) is 5.26 Å². The van der Waals surface area contributed by atoms with Crippen LogP contribution in [-0.2, 0) is 9.47 Å². The number of nitriles is 1. The molecule has 4 nitrogen and oxygen atoms in total. The molecule has 2 aromatic rings. The van der Waals surface area contributed by atoms with Crippen molar-refractivity contribution < 1.29 is 14.2 Å². The molecule has 3 fully saturated rings. The van der Waals surface area contributed by atoms with Crippen LogP contribution in [0, 0.1) is 35.2 Å². The second-order valence-corrected chi connectivity index (χ2v) is 7.45. The molecule has 1 saturated heterocycles. The Hall–Kier alpha value is -2.35. The fourth-order valence-corrected chi connectivity index (χ4v) is 4.80. The maximum Gasteiger partial charge on any atom is 0.229 e. The van der Waals surface area contributed by atoms with Crippen LogP contribution in [0.4, 0.5) is 0 Å². The molecule has 4 unspecified atom stereocenters. The molecule has 1 heterocycles. The van der Waals surface area contributed by atoms with Gasteiger partial charge in [0.05, 0.1) is 6.10 Å². The lowest BCUT2D eigenvalue weighted by atomic mass is 9.89. The van der Waals surface area contributed by atoms with Crippen molar-refractivity contribution in [3.8, 4) is 17.6 Å². The molecule has 0 N–H and O–H groups in total. The van der Waals surface area contributed by atoms with Gasteiger partial charge in [-0.3, -0.25) is 0 Å². The fourth-order valence-electron chi connectivity index (χ4n) is 4.80. The van der Waals surface area contributed by atoms with E-state index in [0.717, 1.165) is 23.7 Å². The highest BCUT2D eigenvalue weighted by Crippen LogP contribution is 2.56. The van der Waals surface area contributed by atoms with Crippen LogP contribution in [0.1, 0.15) is 24.8 Å². The van der Waals surface area contributed by atoms with Gasteiger partial charge in [0.2, 0.25) is 6.10 Å². The van der Waals surface area contributed by atoms with Gasteiger partial charge in [0.25, 0.3) is 0 Å². The summed E-state index contributed by atoms with van der Waals surface area (Å²) in [6.45, 7) is 0. The maximum absolute atomic E-state index is 9.63. The van der Waals surface area contributed by atoms with E-state index in [-0.39, 0.29) is 6.29 Å². The number of hydrogen-bond acceptors (Lipinski definition) is 4. The number of fused-ring (bicyclic) bond motifs is 1. The fraction of sp³-hybridized carbons (Fsp3) is 0.364. The van der Waals surface area contributed by atoms with Gasteiger partial charge < -0.3 is 14.2 Å². The number of para-hydroxylation sites is 1. The van der Waals surface area contributed by atoms with Gasteiger partial charge in [-0.15, -0.1) is 0 Å². The second kappa shape index (κ2) is 6.42. The molecule has 26 heavy (non-hydrogen) atoms. The molecule has 2 bridgehead atoms. The van der Waals surface area contributed by atoms with Gasteiger partial charge in [-0.25, -0.2) is 0 Å². The van der Waals surface area contributed by atoms with E-state index in [9.17, 15) is 5.26 Å². The number of ether oxygens (including phenoxy) is 3. The molecule has 2 saturated carbocycles. The highest BCUT2D eigenvalue weighted by molar-refractivity contribution is 5.42. The monoisotopic (exact) mass is 346 g/mol. The summed E-state index contributed by atoms with van der Waals surface area (Å²) in [5.74, 6) is 3.29. The second-order valence-electron chi connectivity index (χ2n) is 7.45. The summed E-state index contributed by atoms with van der Waals surface area (Å²) >= 11 is 0. The summed E-state index contributed by atoms with van der Waals surface area (Å²) in [6.07, 6.45) is 3.93. The molecule has 1 aliphatic heterocycles. The van der Waals surface area contributed by atoms with Crippen molar-refractivity contribution in [1.82, 2.24) is 0 Å². The van der Waals surface area contributed by atoms with Crippen molar-refractivity contribution in [1.29, 1.82) is 5.26 Å². The molecular formula is C22H20NO3.